The molecule has 0 bridgehead atoms. The number of thiazole rings is 1. The second-order valence-corrected chi connectivity index (χ2v) is 6.18. The molecule has 0 aromatic carbocycles. The Labute approximate surface area is 123 Å². The van der Waals surface area contributed by atoms with Gasteiger partial charge in [0.15, 0.2) is 10.9 Å². The molecule has 0 amide bonds. The van der Waals surface area contributed by atoms with Crippen molar-refractivity contribution in [3.8, 4) is 5.82 Å². The van der Waals surface area contributed by atoms with Gasteiger partial charge in [-0.2, -0.15) is 0 Å². The van der Waals surface area contributed by atoms with Crippen molar-refractivity contribution in [3.63, 3.8) is 0 Å². The standard InChI is InChI=1S/C11H12BrClN4S/c12-9-10(13)17(7-14-9)8-6-18-11(15-8)16-4-2-1-3-5-16/h6-7H,1-5H2. The summed E-state index contributed by atoms with van der Waals surface area (Å²) in [6.07, 6.45) is 5.52. The van der Waals surface area contributed by atoms with E-state index in [9.17, 15) is 0 Å². The van der Waals surface area contributed by atoms with Gasteiger partial charge >= 0.3 is 0 Å². The molecule has 0 radical (unpaired) electrons. The maximum atomic E-state index is 6.14. The molecule has 7 heteroatoms. The van der Waals surface area contributed by atoms with Crippen LogP contribution in [0.15, 0.2) is 16.3 Å². The molecule has 1 fully saturated rings. The highest BCUT2D eigenvalue weighted by Gasteiger charge is 2.16. The maximum Gasteiger partial charge on any atom is 0.187 e. The Hall–Kier alpha value is -0.590. The van der Waals surface area contributed by atoms with Crippen LogP contribution < -0.4 is 4.90 Å². The van der Waals surface area contributed by atoms with Crippen LogP contribution in [0, 0.1) is 0 Å². The van der Waals surface area contributed by atoms with Crippen LogP contribution in [0.5, 0.6) is 0 Å². The summed E-state index contributed by atoms with van der Waals surface area (Å²) in [6.45, 7) is 2.21. The third-order valence-corrected chi connectivity index (χ3v) is 5.08. The van der Waals surface area contributed by atoms with Gasteiger partial charge in [0.05, 0.1) is 0 Å². The molecule has 4 nitrogen and oxygen atoms in total. The lowest BCUT2D eigenvalue weighted by Crippen LogP contribution is -2.29. The summed E-state index contributed by atoms with van der Waals surface area (Å²) >= 11 is 11.1. The first-order valence-corrected chi connectivity index (χ1v) is 7.90. The van der Waals surface area contributed by atoms with Crippen LogP contribution in [0.1, 0.15) is 19.3 Å². The molecule has 2 aromatic rings. The number of anilines is 1. The molecule has 18 heavy (non-hydrogen) atoms. The van der Waals surface area contributed by atoms with E-state index in [0.29, 0.717) is 9.76 Å². The summed E-state index contributed by atoms with van der Waals surface area (Å²) in [4.78, 5) is 11.1. The number of rotatable bonds is 2. The molecule has 3 heterocycles. The average Bonchev–Trinajstić information content (AvgIpc) is 3.00. The topological polar surface area (TPSA) is 34.0 Å². The van der Waals surface area contributed by atoms with Gasteiger partial charge in [-0.25, -0.2) is 9.97 Å². The molecule has 0 aliphatic carbocycles. The number of imidazole rings is 1. The molecule has 0 atom stereocenters. The minimum atomic E-state index is 0.561. The molecule has 0 spiro atoms. The first-order valence-electron chi connectivity index (χ1n) is 5.85. The lowest BCUT2D eigenvalue weighted by molar-refractivity contribution is 0.576. The van der Waals surface area contributed by atoms with Crippen molar-refractivity contribution in [3.05, 3.63) is 21.5 Å². The Morgan fingerprint density at radius 2 is 2.06 bits per heavy atom. The Morgan fingerprint density at radius 3 is 2.72 bits per heavy atom. The number of nitrogens with zero attached hydrogens (tertiary/aromatic N) is 4. The zero-order valence-electron chi connectivity index (χ0n) is 9.64. The fourth-order valence-electron chi connectivity index (χ4n) is 2.07. The van der Waals surface area contributed by atoms with Crippen LogP contribution in [0.2, 0.25) is 5.15 Å². The second kappa shape index (κ2) is 5.19. The lowest BCUT2D eigenvalue weighted by Gasteiger charge is -2.25. The van der Waals surface area contributed by atoms with Crippen LogP contribution in [-0.2, 0) is 0 Å². The van der Waals surface area contributed by atoms with Crippen molar-refractivity contribution in [1.29, 1.82) is 0 Å². The highest BCUT2D eigenvalue weighted by Crippen LogP contribution is 2.29. The third-order valence-electron chi connectivity index (χ3n) is 3.02. The van der Waals surface area contributed by atoms with Crippen molar-refractivity contribution in [2.45, 2.75) is 19.3 Å². The monoisotopic (exact) mass is 346 g/mol. The third kappa shape index (κ3) is 2.29. The molecule has 0 N–H and O–H groups in total. The number of hydrogen-bond acceptors (Lipinski definition) is 4. The van der Waals surface area contributed by atoms with Crippen molar-refractivity contribution < 1.29 is 0 Å². The van der Waals surface area contributed by atoms with Crippen LogP contribution in [0.3, 0.4) is 0 Å². The summed E-state index contributed by atoms with van der Waals surface area (Å²) in [5.74, 6) is 0.837. The summed E-state index contributed by atoms with van der Waals surface area (Å²) < 4.78 is 2.44. The van der Waals surface area contributed by atoms with Crippen molar-refractivity contribution in [2.24, 2.45) is 0 Å². The summed E-state index contributed by atoms with van der Waals surface area (Å²) in [5.41, 5.74) is 0. The normalized spacial score (nSPS) is 16.2. The zero-order valence-corrected chi connectivity index (χ0v) is 12.8. The molecule has 2 aromatic heterocycles. The summed E-state index contributed by atoms with van der Waals surface area (Å²) in [5, 5.41) is 3.65. The van der Waals surface area contributed by atoms with Gasteiger partial charge in [-0.05, 0) is 35.2 Å². The maximum absolute atomic E-state index is 6.14. The molecule has 1 aliphatic heterocycles. The van der Waals surface area contributed by atoms with Crippen molar-refractivity contribution in [2.75, 3.05) is 18.0 Å². The molecular weight excluding hydrogens is 336 g/mol. The zero-order chi connectivity index (χ0) is 12.5. The van der Waals surface area contributed by atoms with Gasteiger partial charge in [-0.15, -0.1) is 11.3 Å². The van der Waals surface area contributed by atoms with E-state index in [4.69, 9.17) is 11.6 Å². The Bertz CT molecular complexity index is 547. The Morgan fingerprint density at radius 1 is 1.28 bits per heavy atom. The van der Waals surface area contributed by atoms with E-state index < -0.39 is 0 Å². The SMILES string of the molecule is Clc1c(Br)ncn1-c1csc(N2CCCCC2)n1. The van der Waals surface area contributed by atoms with Gasteiger partial charge in [-0.3, -0.25) is 4.57 Å². The first-order chi connectivity index (χ1) is 8.75. The molecule has 3 rings (SSSR count). The van der Waals surface area contributed by atoms with E-state index in [2.05, 4.69) is 30.8 Å². The predicted molar refractivity (Wildman–Crippen MR) is 78.0 cm³/mol. The summed E-state index contributed by atoms with van der Waals surface area (Å²) in [7, 11) is 0. The predicted octanol–water partition coefficient (Wildman–Crippen LogP) is 3.74. The van der Waals surface area contributed by atoms with Gasteiger partial charge in [0.1, 0.15) is 16.1 Å². The van der Waals surface area contributed by atoms with E-state index in [1.54, 1.807) is 22.2 Å². The van der Waals surface area contributed by atoms with E-state index >= 15 is 0 Å². The minimum absolute atomic E-state index is 0.561. The quantitative estimate of drug-likeness (QED) is 0.830. The number of piperidine rings is 1. The van der Waals surface area contributed by atoms with Crippen LogP contribution in [0.4, 0.5) is 5.13 Å². The fraction of sp³-hybridized carbons (Fsp3) is 0.455. The number of halogens is 2. The van der Waals surface area contributed by atoms with Crippen LogP contribution in [-0.4, -0.2) is 27.6 Å². The van der Waals surface area contributed by atoms with E-state index in [-0.39, 0.29) is 0 Å². The van der Waals surface area contributed by atoms with Gasteiger partial charge in [0.2, 0.25) is 0 Å². The summed E-state index contributed by atoms with van der Waals surface area (Å²) in [6, 6.07) is 0. The second-order valence-electron chi connectivity index (χ2n) is 4.23. The molecule has 96 valence electrons. The van der Waals surface area contributed by atoms with E-state index in [1.807, 2.05) is 5.38 Å². The van der Waals surface area contributed by atoms with Gasteiger partial charge in [0, 0.05) is 18.5 Å². The van der Waals surface area contributed by atoms with Crippen molar-refractivity contribution >= 4 is 44.0 Å². The lowest BCUT2D eigenvalue weighted by atomic mass is 10.1. The number of aromatic nitrogens is 3. The Kier molecular flexibility index (Phi) is 3.59. The van der Waals surface area contributed by atoms with Gasteiger partial charge in [-0.1, -0.05) is 11.6 Å². The highest BCUT2D eigenvalue weighted by atomic mass is 79.9. The van der Waals surface area contributed by atoms with Crippen LogP contribution >= 0.6 is 38.9 Å². The molecule has 0 unspecified atom stereocenters. The van der Waals surface area contributed by atoms with Crippen molar-refractivity contribution in [1.82, 2.24) is 14.5 Å². The Balaban J connectivity index is 1.87. The van der Waals surface area contributed by atoms with Gasteiger partial charge < -0.3 is 4.90 Å². The van der Waals surface area contributed by atoms with E-state index in [1.165, 1.54) is 19.3 Å². The molecular formula is C11H12BrClN4S. The molecule has 1 aliphatic rings. The minimum Gasteiger partial charge on any atom is -0.348 e. The first kappa shape index (κ1) is 12.4. The van der Waals surface area contributed by atoms with E-state index in [0.717, 1.165) is 24.0 Å². The smallest absolute Gasteiger partial charge is 0.187 e. The van der Waals surface area contributed by atoms with Crippen LogP contribution in [0.25, 0.3) is 5.82 Å². The molecule has 0 saturated carbocycles. The average molecular weight is 348 g/mol. The largest absolute Gasteiger partial charge is 0.348 e. The fourth-order valence-corrected chi connectivity index (χ4v) is 3.39. The number of hydrogen-bond donors (Lipinski definition) is 0. The highest BCUT2D eigenvalue weighted by molar-refractivity contribution is 9.10. The molecule has 1 saturated heterocycles. The van der Waals surface area contributed by atoms with Gasteiger partial charge in [0.25, 0.3) is 0 Å².